The first-order valence-corrected chi connectivity index (χ1v) is 8.54. The summed E-state index contributed by atoms with van der Waals surface area (Å²) < 4.78 is 5.26. The highest BCUT2D eigenvalue weighted by Crippen LogP contribution is 2.29. The minimum Gasteiger partial charge on any atom is -0.508 e. The minimum atomic E-state index is -0.369. The first-order valence-electron chi connectivity index (χ1n) is 8.54. The number of phenols is 1. The maximum atomic E-state index is 12.3. The van der Waals surface area contributed by atoms with Gasteiger partial charge < -0.3 is 14.9 Å². The first-order chi connectivity index (χ1) is 12.0. The van der Waals surface area contributed by atoms with Crippen molar-refractivity contribution in [2.24, 2.45) is 5.92 Å². The molecule has 1 aromatic carbocycles. The summed E-state index contributed by atoms with van der Waals surface area (Å²) in [7, 11) is 0. The van der Waals surface area contributed by atoms with Crippen LogP contribution >= 0.6 is 0 Å². The molecule has 2 aromatic rings. The van der Waals surface area contributed by atoms with Crippen LogP contribution in [-0.2, 0) is 17.8 Å². The third-order valence-electron chi connectivity index (χ3n) is 4.19. The fourth-order valence-electron chi connectivity index (χ4n) is 2.95. The topological polar surface area (TPSA) is 99.4 Å². The Kier molecular flexibility index (Phi) is 5.35. The third kappa shape index (κ3) is 4.37. The Labute approximate surface area is 146 Å². The van der Waals surface area contributed by atoms with Crippen molar-refractivity contribution in [3.63, 3.8) is 0 Å². The van der Waals surface area contributed by atoms with Crippen molar-refractivity contribution in [1.82, 2.24) is 21.3 Å². The number of hydrazine groups is 1. The van der Waals surface area contributed by atoms with Crippen LogP contribution in [0.4, 0.5) is 0 Å². The second-order valence-electron chi connectivity index (χ2n) is 6.79. The van der Waals surface area contributed by atoms with Crippen molar-refractivity contribution in [2.45, 2.75) is 45.3 Å². The number of hydrogen-bond donors (Lipinski definition) is 4. The molecule has 0 bridgehead atoms. The van der Waals surface area contributed by atoms with Crippen LogP contribution < -0.4 is 16.2 Å². The molecule has 4 N–H and O–H groups in total. The molecule has 1 saturated heterocycles. The minimum absolute atomic E-state index is 0.110. The van der Waals surface area contributed by atoms with Crippen molar-refractivity contribution < 1.29 is 14.4 Å². The second kappa shape index (κ2) is 7.67. The van der Waals surface area contributed by atoms with Gasteiger partial charge >= 0.3 is 0 Å². The Balaban J connectivity index is 1.51. The molecule has 1 aliphatic heterocycles. The van der Waals surface area contributed by atoms with Gasteiger partial charge in [0.15, 0.2) is 0 Å². The number of nitrogens with zero attached hydrogens (tertiary/aromatic N) is 1. The van der Waals surface area contributed by atoms with E-state index in [2.05, 4.69) is 35.2 Å². The lowest BCUT2D eigenvalue weighted by Gasteiger charge is -2.11. The van der Waals surface area contributed by atoms with E-state index >= 15 is 0 Å². The van der Waals surface area contributed by atoms with E-state index in [1.54, 1.807) is 12.1 Å². The number of carbonyl (C=O) groups excluding carboxylic acids is 1. The molecule has 2 heterocycles. The predicted molar refractivity (Wildman–Crippen MR) is 92.4 cm³/mol. The van der Waals surface area contributed by atoms with Gasteiger partial charge in [-0.05, 0) is 18.4 Å². The summed E-state index contributed by atoms with van der Waals surface area (Å²) in [6.45, 7) is 4.56. The quantitative estimate of drug-likeness (QED) is 0.638. The number of carbonyl (C=O) groups is 1. The molecule has 1 aliphatic rings. The highest BCUT2D eigenvalue weighted by molar-refractivity contribution is 5.82. The van der Waals surface area contributed by atoms with Crippen molar-refractivity contribution >= 4 is 5.91 Å². The van der Waals surface area contributed by atoms with E-state index in [4.69, 9.17) is 4.52 Å². The fraction of sp³-hybridized carbons (Fsp3) is 0.444. The SMILES string of the molecule is CC(C)Cc1cc(CNC(=O)C2CC(c3ccccc3O)NN2)no1. The van der Waals surface area contributed by atoms with Crippen LogP contribution in [0.3, 0.4) is 0 Å². The summed E-state index contributed by atoms with van der Waals surface area (Å²) in [5.74, 6) is 1.44. The van der Waals surface area contributed by atoms with E-state index in [0.29, 0.717) is 24.6 Å². The average Bonchev–Trinajstić information content (AvgIpc) is 3.22. The molecule has 7 nitrogen and oxygen atoms in total. The standard InChI is InChI=1S/C18H24N4O3/c1-11(2)7-13-8-12(22-25-13)10-19-18(24)16-9-15(20-21-16)14-5-3-4-6-17(14)23/h3-6,8,11,15-16,20-21,23H,7,9-10H2,1-2H3,(H,19,24). The lowest BCUT2D eigenvalue weighted by Crippen LogP contribution is -2.42. The molecule has 0 aliphatic carbocycles. The largest absolute Gasteiger partial charge is 0.508 e. The average molecular weight is 344 g/mol. The number of aromatic hydroxyl groups is 1. The van der Waals surface area contributed by atoms with Crippen molar-refractivity contribution in [2.75, 3.05) is 0 Å². The van der Waals surface area contributed by atoms with Gasteiger partial charge in [0.25, 0.3) is 0 Å². The smallest absolute Gasteiger partial charge is 0.238 e. The van der Waals surface area contributed by atoms with Crippen molar-refractivity contribution in [3.8, 4) is 5.75 Å². The zero-order valence-electron chi connectivity index (χ0n) is 14.5. The summed E-state index contributed by atoms with van der Waals surface area (Å²) in [4.78, 5) is 12.3. The molecule has 134 valence electrons. The molecule has 1 fully saturated rings. The van der Waals surface area contributed by atoms with E-state index in [0.717, 1.165) is 17.7 Å². The maximum absolute atomic E-state index is 12.3. The third-order valence-corrected chi connectivity index (χ3v) is 4.19. The molecular formula is C18H24N4O3. The molecule has 0 radical (unpaired) electrons. The molecule has 7 heteroatoms. The number of aromatic nitrogens is 1. The number of hydrogen-bond acceptors (Lipinski definition) is 6. The van der Waals surface area contributed by atoms with Gasteiger partial charge in [0, 0.05) is 18.1 Å². The Bertz CT molecular complexity index is 729. The van der Waals surface area contributed by atoms with Crippen molar-refractivity contribution in [3.05, 3.63) is 47.3 Å². The predicted octanol–water partition coefficient (Wildman–Crippen LogP) is 1.80. The van der Waals surface area contributed by atoms with Crippen LogP contribution in [0.25, 0.3) is 0 Å². The van der Waals surface area contributed by atoms with Crippen LogP contribution in [0, 0.1) is 5.92 Å². The fourth-order valence-corrected chi connectivity index (χ4v) is 2.95. The Morgan fingerprint density at radius 2 is 2.20 bits per heavy atom. The van der Waals surface area contributed by atoms with Gasteiger partial charge in [0.1, 0.15) is 23.2 Å². The van der Waals surface area contributed by atoms with Crippen LogP contribution in [0.5, 0.6) is 5.75 Å². The van der Waals surface area contributed by atoms with Crippen LogP contribution in [0.1, 0.15) is 43.3 Å². The maximum Gasteiger partial charge on any atom is 0.238 e. The highest BCUT2D eigenvalue weighted by atomic mass is 16.5. The Hall–Kier alpha value is -2.38. The van der Waals surface area contributed by atoms with Gasteiger partial charge in [-0.1, -0.05) is 37.2 Å². The first kappa shape index (κ1) is 17.4. The second-order valence-corrected chi connectivity index (χ2v) is 6.79. The van der Waals surface area contributed by atoms with Crippen LogP contribution in [-0.4, -0.2) is 22.2 Å². The van der Waals surface area contributed by atoms with Gasteiger partial charge in [-0.25, -0.2) is 10.9 Å². The number of rotatable bonds is 6. The normalized spacial score (nSPS) is 20.1. The molecule has 1 amide bonds. The van der Waals surface area contributed by atoms with E-state index < -0.39 is 0 Å². The highest BCUT2D eigenvalue weighted by Gasteiger charge is 2.31. The van der Waals surface area contributed by atoms with Crippen LogP contribution in [0.2, 0.25) is 0 Å². The van der Waals surface area contributed by atoms with E-state index in [9.17, 15) is 9.90 Å². The molecule has 25 heavy (non-hydrogen) atoms. The Morgan fingerprint density at radius 3 is 2.96 bits per heavy atom. The van der Waals surface area contributed by atoms with Gasteiger partial charge in [-0.3, -0.25) is 4.79 Å². The monoisotopic (exact) mass is 344 g/mol. The number of para-hydroxylation sites is 1. The number of benzene rings is 1. The molecule has 1 aromatic heterocycles. The molecular weight excluding hydrogens is 320 g/mol. The summed E-state index contributed by atoms with van der Waals surface area (Å²) in [6, 6.07) is 8.53. The Morgan fingerprint density at radius 1 is 1.40 bits per heavy atom. The van der Waals surface area contributed by atoms with E-state index in [-0.39, 0.29) is 23.7 Å². The lowest BCUT2D eigenvalue weighted by molar-refractivity contribution is -0.123. The summed E-state index contributed by atoms with van der Waals surface area (Å²) >= 11 is 0. The lowest BCUT2D eigenvalue weighted by atomic mass is 10.0. The number of amides is 1. The summed E-state index contributed by atoms with van der Waals surface area (Å²) in [5, 5.41) is 16.8. The molecule has 0 saturated carbocycles. The summed E-state index contributed by atoms with van der Waals surface area (Å²) in [5.41, 5.74) is 7.54. The molecule has 2 atom stereocenters. The number of nitrogens with one attached hydrogen (secondary N) is 3. The molecule has 2 unspecified atom stereocenters. The van der Waals surface area contributed by atoms with E-state index in [1.165, 1.54) is 0 Å². The number of phenolic OH excluding ortho intramolecular Hbond substituents is 1. The van der Waals surface area contributed by atoms with Gasteiger partial charge in [-0.15, -0.1) is 0 Å². The van der Waals surface area contributed by atoms with Crippen LogP contribution in [0.15, 0.2) is 34.9 Å². The zero-order chi connectivity index (χ0) is 17.8. The van der Waals surface area contributed by atoms with Crippen molar-refractivity contribution in [1.29, 1.82) is 0 Å². The van der Waals surface area contributed by atoms with Gasteiger partial charge in [0.05, 0.1) is 12.6 Å². The zero-order valence-corrected chi connectivity index (χ0v) is 14.5. The summed E-state index contributed by atoms with van der Waals surface area (Å²) in [6.07, 6.45) is 1.39. The molecule has 3 rings (SSSR count). The van der Waals surface area contributed by atoms with Gasteiger partial charge in [-0.2, -0.15) is 0 Å². The van der Waals surface area contributed by atoms with Gasteiger partial charge in [0.2, 0.25) is 5.91 Å². The molecule has 0 spiro atoms. The van der Waals surface area contributed by atoms with E-state index in [1.807, 2.05) is 18.2 Å².